The lowest BCUT2D eigenvalue weighted by Crippen LogP contribution is -2.22. The van der Waals surface area contributed by atoms with Gasteiger partial charge in [-0.2, -0.15) is 0 Å². The summed E-state index contributed by atoms with van der Waals surface area (Å²) in [5.74, 6) is -0.0967. The topological polar surface area (TPSA) is 99.3 Å². The molecular formula is C42H36N2O4. The second-order valence-corrected chi connectivity index (χ2v) is 12.5. The summed E-state index contributed by atoms with van der Waals surface area (Å²) in [6.45, 7) is 0. The molecule has 0 aromatic heterocycles. The monoisotopic (exact) mass is 632 g/mol. The minimum atomic E-state index is -0.0923. The van der Waals surface area contributed by atoms with Crippen LogP contribution in [0, 0.1) is 0 Å². The van der Waals surface area contributed by atoms with Gasteiger partial charge in [0.25, 0.3) is 0 Å². The second-order valence-electron chi connectivity index (χ2n) is 12.5. The number of benzene rings is 5. The third-order valence-corrected chi connectivity index (χ3v) is 9.20. The molecule has 0 amide bonds. The molecule has 0 aliphatic heterocycles. The lowest BCUT2D eigenvalue weighted by Gasteiger charge is -2.19. The van der Waals surface area contributed by atoms with Gasteiger partial charge in [-0.3, -0.25) is 19.6 Å². The van der Waals surface area contributed by atoms with Gasteiger partial charge in [-0.15, -0.1) is 0 Å². The van der Waals surface area contributed by atoms with Crippen LogP contribution in [0.4, 0.5) is 11.4 Å². The van der Waals surface area contributed by atoms with E-state index in [2.05, 4.69) is 0 Å². The molecule has 0 atom stereocenters. The Labute approximate surface area is 279 Å². The second kappa shape index (κ2) is 13.6. The average molecular weight is 633 g/mol. The molecule has 2 aliphatic rings. The molecular weight excluding hydrogens is 596 g/mol. The van der Waals surface area contributed by atoms with E-state index < -0.39 is 0 Å². The summed E-state index contributed by atoms with van der Waals surface area (Å²) in [4.78, 5) is 35.8. The molecule has 0 saturated heterocycles. The maximum Gasteiger partial charge on any atom is 0.168 e. The van der Waals surface area contributed by atoms with E-state index in [1.807, 2.05) is 109 Å². The van der Waals surface area contributed by atoms with Crippen molar-refractivity contribution in [1.82, 2.24) is 0 Å². The first kappa shape index (κ1) is 31.0. The average Bonchev–Trinajstić information content (AvgIpc) is 3.09. The molecule has 7 rings (SSSR count). The van der Waals surface area contributed by atoms with Crippen LogP contribution in [0.3, 0.4) is 0 Å². The fraction of sp³-hybridized carbons (Fsp3) is 0.190. The summed E-state index contributed by atoms with van der Waals surface area (Å²) in [6, 6.07) is 35.3. The minimum Gasteiger partial charge on any atom is -0.511 e. The van der Waals surface area contributed by atoms with E-state index in [4.69, 9.17) is 9.98 Å². The number of rotatable bonds is 6. The molecule has 2 fully saturated rings. The van der Waals surface area contributed by atoms with Crippen LogP contribution in [0.1, 0.15) is 49.7 Å². The van der Waals surface area contributed by atoms with Gasteiger partial charge >= 0.3 is 0 Å². The Hall–Kier alpha value is -5.62. The predicted molar refractivity (Wildman–Crippen MR) is 193 cm³/mol. The molecule has 0 spiro atoms. The highest BCUT2D eigenvalue weighted by Crippen LogP contribution is 2.30. The Morgan fingerprint density at radius 1 is 0.500 bits per heavy atom. The molecule has 6 heteroatoms. The van der Waals surface area contributed by atoms with Crippen molar-refractivity contribution in [3.63, 3.8) is 0 Å². The van der Waals surface area contributed by atoms with E-state index in [1.54, 1.807) is 0 Å². The van der Waals surface area contributed by atoms with Crippen LogP contribution in [0.2, 0.25) is 0 Å². The zero-order valence-electron chi connectivity index (χ0n) is 26.7. The van der Waals surface area contributed by atoms with Crippen LogP contribution < -0.4 is 0 Å². The van der Waals surface area contributed by atoms with E-state index in [1.165, 1.54) is 0 Å². The summed E-state index contributed by atoms with van der Waals surface area (Å²) in [6.07, 6.45) is 3.81. The number of carbonyl (C=O) groups is 2. The third-order valence-electron chi connectivity index (χ3n) is 9.20. The van der Waals surface area contributed by atoms with Crippen LogP contribution in [-0.4, -0.2) is 33.2 Å². The third kappa shape index (κ3) is 6.47. The lowest BCUT2D eigenvalue weighted by atomic mass is 9.88. The molecule has 48 heavy (non-hydrogen) atoms. The number of aliphatic imine (C=N–C) groups is 2. The highest BCUT2D eigenvalue weighted by atomic mass is 16.3. The smallest absolute Gasteiger partial charge is 0.168 e. The first-order valence-corrected chi connectivity index (χ1v) is 16.5. The van der Waals surface area contributed by atoms with Crippen LogP contribution in [0.25, 0.3) is 21.5 Å². The van der Waals surface area contributed by atoms with E-state index in [0.717, 1.165) is 32.7 Å². The number of Topliss-reactive ketones (excluding diaryl/α,β-unsaturated/α-hetero) is 2. The largest absolute Gasteiger partial charge is 0.511 e. The van der Waals surface area contributed by atoms with Crippen molar-refractivity contribution in [3.05, 3.63) is 143 Å². The van der Waals surface area contributed by atoms with Gasteiger partial charge in [0.15, 0.2) is 11.6 Å². The molecule has 5 aromatic carbocycles. The molecule has 0 radical (unpaired) electrons. The maximum absolute atomic E-state index is 13.1. The fourth-order valence-corrected chi connectivity index (χ4v) is 6.88. The van der Waals surface area contributed by atoms with Crippen molar-refractivity contribution in [3.8, 4) is 0 Å². The molecule has 2 aliphatic carbocycles. The van der Waals surface area contributed by atoms with Crippen LogP contribution in [0.15, 0.2) is 142 Å². The number of allylic oxidation sites excluding steroid dienone is 4. The SMILES string of the molecule is O=C1CCCC(=Nc2ccc(N=C3CCCC(=O)/C3=C(/O)Cc3cccc4ccccc34)cc2)/C1=C(/O)Cc1cccc2ccccc12. The molecule has 5 aromatic rings. The van der Waals surface area contributed by atoms with Crippen molar-refractivity contribution >= 4 is 55.9 Å². The zero-order chi connectivity index (χ0) is 33.0. The normalized spacial score (nSPS) is 19.3. The van der Waals surface area contributed by atoms with Crippen molar-refractivity contribution < 1.29 is 19.8 Å². The van der Waals surface area contributed by atoms with Gasteiger partial charge in [-0.1, -0.05) is 84.9 Å². The number of carbonyl (C=O) groups excluding carboxylic acids is 2. The Morgan fingerprint density at radius 3 is 1.33 bits per heavy atom. The standard InChI is InChI=1S/C42H36N2O4/c45-37-19-7-17-35(41(37)39(47)25-29-13-5-11-27-9-1-3-15-33(27)29)43-31-21-23-32(24-22-31)44-36-18-8-20-38(46)42(36)40(48)26-30-14-6-12-28-10-2-4-16-34(28)30/h1-6,9-16,21-24,47-48H,7-8,17-20,25-26H2/b41-39-,42-40+,43-35?,44-36?. The highest BCUT2D eigenvalue weighted by molar-refractivity contribution is 6.25. The van der Waals surface area contributed by atoms with Crippen LogP contribution in [0.5, 0.6) is 0 Å². The van der Waals surface area contributed by atoms with Crippen molar-refractivity contribution in [2.75, 3.05) is 0 Å². The molecule has 0 heterocycles. The number of nitrogens with zero attached hydrogens (tertiary/aromatic N) is 2. The number of hydrogen-bond acceptors (Lipinski definition) is 6. The Morgan fingerprint density at radius 2 is 0.896 bits per heavy atom. The summed E-state index contributed by atoms with van der Waals surface area (Å²) < 4.78 is 0. The van der Waals surface area contributed by atoms with Crippen LogP contribution >= 0.6 is 0 Å². The number of ketones is 2. The Balaban J connectivity index is 1.16. The summed E-state index contributed by atoms with van der Waals surface area (Å²) in [5.41, 5.74) is 5.01. The highest BCUT2D eigenvalue weighted by Gasteiger charge is 2.27. The number of aliphatic hydroxyl groups excluding tert-OH is 2. The number of hydrogen-bond donors (Lipinski definition) is 2. The minimum absolute atomic E-state index is 0.0439. The first-order valence-electron chi connectivity index (χ1n) is 16.5. The molecule has 2 saturated carbocycles. The Bertz CT molecular complexity index is 2020. The van der Waals surface area contributed by atoms with Gasteiger partial charge in [0.1, 0.15) is 11.5 Å². The molecule has 0 unspecified atom stereocenters. The van der Waals surface area contributed by atoms with Gasteiger partial charge in [0.05, 0.1) is 33.9 Å². The van der Waals surface area contributed by atoms with E-state index in [-0.39, 0.29) is 35.9 Å². The van der Waals surface area contributed by atoms with Crippen molar-refractivity contribution in [1.29, 1.82) is 0 Å². The Kier molecular flexibility index (Phi) is 8.80. The van der Waals surface area contributed by atoms with Gasteiger partial charge in [0.2, 0.25) is 0 Å². The first-order chi connectivity index (χ1) is 23.4. The fourth-order valence-electron chi connectivity index (χ4n) is 6.88. The van der Waals surface area contributed by atoms with Gasteiger partial charge < -0.3 is 10.2 Å². The molecule has 6 nitrogen and oxygen atoms in total. The summed E-state index contributed by atoms with van der Waals surface area (Å²) >= 11 is 0. The molecule has 0 bridgehead atoms. The molecule has 2 N–H and O–H groups in total. The number of aliphatic hydroxyl groups is 2. The van der Waals surface area contributed by atoms with E-state index in [9.17, 15) is 19.8 Å². The summed E-state index contributed by atoms with van der Waals surface area (Å²) in [5, 5.41) is 26.8. The van der Waals surface area contributed by atoms with E-state index in [0.29, 0.717) is 72.5 Å². The van der Waals surface area contributed by atoms with Crippen molar-refractivity contribution in [2.24, 2.45) is 9.98 Å². The van der Waals surface area contributed by atoms with Crippen LogP contribution in [-0.2, 0) is 22.4 Å². The quantitative estimate of drug-likeness (QED) is 0.144. The maximum atomic E-state index is 13.1. The lowest BCUT2D eigenvalue weighted by molar-refractivity contribution is -0.116. The predicted octanol–water partition coefficient (Wildman–Crippen LogP) is 9.75. The van der Waals surface area contributed by atoms with Gasteiger partial charge in [-0.25, -0.2) is 0 Å². The zero-order valence-corrected chi connectivity index (χ0v) is 26.7. The van der Waals surface area contributed by atoms with Gasteiger partial charge in [-0.05, 0) is 82.6 Å². The summed E-state index contributed by atoms with van der Waals surface area (Å²) in [7, 11) is 0. The van der Waals surface area contributed by atoms with E-state index >= 15 is 0 Å². The van der Waals surface area contributed by atoms with Gasteiger partial charge in [0, 0.05) is 25.7 Å². The number of fused-ring (bicyclic) bond motifs is 2. The van der Waals surface area contributed by atoms with Crippen molar-refractivity contribution in [2.45, 2.75) is 51.4 Å². The molecule has 238 valence electrons.